The van der Waals surface area contributed by atoms with Crippen LogP contribution in [0, 0.1) is 0 Å². The highest BCUT2D eigenvalue weighted by Crippen LogP contribution is 2.05. The van der Waals surface area contributed by atoms with Crippen molar-refractivity contribution < 1.29 is 9.59 Å². The summed E-state index contributed by atoms with van der Waals surface area (Å²) < 4.78 is 0. The van der Waals surface area contributed by atoms with Gasteiger partial charge in [0.1, 0.15) is 0 Å². The van der Waals surface area contributed by atoms with E-state index in [-0.39, 0.29) is 11.8 Å². The highest BCUT2D eigenvalue weighted by molar-refractivity contribution is 5.97. The van der Waals surface area contributed by atoms with Gasteiger partial charge in [0, 0.05) is 30.8 Å². The predicted molar refractivity (Wildman–Crippen MR) is 104 cm³/mol. The third kappa shape index (κ3) is 6.69. The quantitative estimate of drug-likeness (QED) is 0.680. The molecular formula is C21H27N3O2. The Labute approximate surface area is 155 Å². The molecule has 2 amide bonds. The normalized spacial score (nSPS) is 10.6. The molecule has 2 rings (SSSR count). The Morgan fingerprint density at radius 3 is 1.88 bits per heavy atom. The summed E-state index contributed by atoms with van der Waals surface area (Å²) >= 11 is 0. The first kappa shape index (κ1) is 19.7. The van der Waals surface area contributed by atoms with Crippen LogP contribution in [0.5, 0.6) is 0 Å². The van der Waals surface area contributed by atoms with Gasteiger partial charge in [-0.1, -0.05) is 30.3 Å². The Balaban J connectivity index is 1.74. The van der Waals surface area contributed by atoms with Crippen molar-refractivity contribution in [1.29, 1.82) is 0 Å². The van der Waals surface area contributed by atoms with Crippen LogP contribution < -0.4 is 10.6 Å². The Kier molecular flexibility index (Phi) is 7.83. The largest absolute Gasteiger partial charge is 0.352 e. The van der Waals surface area contributed by atoms with Crippen molar-refractivity contribution >= 4 is 11.8 Å². The molecule has 0 aliphatic carbocycles. The minimum atomic E-state index is -0.123. The molecule has 0 aliphatic heterocycles. The topological polar surface area (TPSA) is 61.4 Å². The maximum Gasteiger partial charge on any atom is 0.251 e. The predicted octanol–water partition coefficient (Wildman–Crippen LogP) is 2.34. The fourth-order valence-electron chi connectivity index (χ4n) is 2.51. The van der Waals surface area contributed by atoms with Crippen molar-refractivity contribution in [2.75, 3.05) is 33.7 Å². The molecular weight excluding hydrogens is 326 g/mol. The minimum absolute atomic E-state index is 0.113. The van der Waals surface area contributed by atoms with Crippen LogP contribution >= 0.6 is 0 Å². The van der Waals surface area contributed by atoms with Gasteiger partial charge in [0.15, 0.2) is 0 Å². The van der Waals surface area contributed by atoms with Crippen LogP contribution in [-0.2, 0) is 6.42 Å². The molecule has 0 aliphatic rings. The van der Waals surface area contributed by atoms with Gasteiger partial charge in [-0.25, -0.2) is 0 Å². The lowest BCUT2D eigenvalue weighted by Gasteiger charge is -2.10. The summed E-state index contributed by atoms with van der Waals surface area (Å²) in [4.78, 5) is 26.2. The highest BCUT2D eigenvalue weighted by atomic mass is 16.2. The number of nitrogens with zero attached hydrogens (tertiary/aromatic N) is 1. The molecule has 0 heterocycles. The van der Waals surface area contributed by atoms with E-state index in [0.29, 0.717) is 24.2 Å². The zero-order chi connectivity index (χ0) is 18.8. The second-order valence-electron chi connectivity index (χ2n) is 6.48. The number of rotatable bonds is 9. The van der Waals surface area contributed by atoms with Gasteiger partial charge < -0.3 is 15.5 Å². The fraction of sp³-hybridized carbons (Fsp3) is 0.333. The minimum Gasteiger partial charge on any atom is -0.352 e. The molecule has 0 unspecified atom stereocenters. The molecule has 0 aromatic heterocycles. The molecule has 0 radical (unpaired) electrons. The maximum atomic E-state index is 12.2. The first-order valence-corrected chi connectivity index (χ1v) is 8.91. The van der Waals surface area contributed by atoms with Crippen LogP contribution in [0.1, 0.15) is 32.7 Å². The number of carbonyl (C=O) groups excluding carboxylic acids is 2. The summed E-state index contributed by atoms with van der Waals surface area (Å²) in [5, 5.41) is 5.77. The summed E-state index contributed by atoms with van der Waals surface area (Å²) in [7, 11) is 3.92. The Bertz CT molecular complexity index is 697. The lowest BCUT2D eigenvalue weighted by atomic mass is 10.1. The monoisotopic (exact) mass is 353 g/mol. The summed E-state index contributed by atoms with van der Waals surface area (Å²) in [6, 6.07) is 17.0. The van der Waals surface area contributed by atoms with E-state index in [0.717, 1.165) is 19.4 Å². The van der Waals surface area contributed by atoms with E-state index in [9.17, 15) is 9.59 Å². The number of hydrogen-bond donors (Lipinski definition) is 2. The number of nitrogens with one attached hydrogen (secondary N) is 2. The van der Waals surface area contributed by atoms with Crippen LogP contribution in [0.3, 0.4) is 0 Å². The Hall–Kier alpha value is -2.66. The van der Waals surface area contributed by atoms with E-state index >= 15 is 0 Å². The van der Waals surface area contributed by atoms with Gasteiger partial charge in [0.05, 0.1) is 0 Å². The Morgan fingerprint density at radius 2 is 1.35 bits per heavy atom. The Morgan fingerprint density at radius 1 is 0.808 bits per heavy atom. The zero-order valence-corrected chi connectivity index (χ0v) is 15.5. The van der Waals surface area contributed by atoms with Crippen molar-refractivity contribution in [1.82, 2.24) is 15.5 Å². The van der Waals surface area contributed by atoms with Crippen LogP contribution in [0.4, 0.5) is 0 Å². The van der Waals surface area contributed by atoms with Gasteiger partial charge in [0.2, 0.25) is 0 Å². The average Bonchev–Trinajstić information content (AvgIpc) is 2.65. The molecule has 0 atom stereocenters. The van der Waals surface area contributed by atoms with Crippen LogP contribution in [0.2, 0.25) is 0 Å². The van der Waals surface area contributed by atoms with Crippen molar-refractivity contribution in [2.24, 2.45) is 0 Å². The molecule has 2 N–H and O–H groups in total. The average molecular weight is 353 g/mol. The molecule has 2 aromatic carbocycles. The van der Waals surface area contributed by atoms with E-state index in [2.05, 4.69) is 22.8 Å². The van der Waals surface area contributed by atoms with Gasteiger partial charge in [0.25, 0.3) is 11.8 Å². The molecule has 5 nitrogen and oxygen atoms in total. The first-order valence-electron chi connectivity index (χ1n) is 8.91. The summed E-state index contributed by atoms with van der Waals surface area (Å²) in [5.41, 5.74) is 2.39. The molecule has 0 spiro atoms. The van der Waals surface area contributed by atoms with E-state index in [1.807, 2.05) is 37.2 Å². The van der Waals surface area contributed by atoms with E-state index < -0.39 is 0 Å². The van der Waals surface area contributed by atoms with Crippen LogP contribution in [0.15, 0.2) is 54.6 Å². The number of likely N-dealkylation sites (N-methyl/N-ethyl adjacent to an activating group) is 1. The van der Waals surface area contributed by atoms with Crippen molar-refractivity contribution in [2.45, 2.75) is 12.8 Å². The van der Waals surface area contributed by atoms with E-state index in [1.54, 1.807) is 24.3 Å². The maximum absolute atomic E-state index is 12.2. The molecule has 138 valence electrons. The summed E-state index contributed by atoms with van der Waals surface area (Å²) in [6.07, 6.45) is 1.83. The molecule has 26 heavy (non-hydrogen) atoms. The van der Waals surface area contributed by atoms with Gasteiger partial charge in [-0.2, -0.15) is 0 Å². The standard InChI is InChI=1S/C21H27N3O2/c1-24(2)16-15-23-21(26)19-12-10-18(11-13-19)20(25)22-14-6-9-17-7-4-3-5-8-17/h3-5,7-8,10-13H,6,9,14-16H2,1-2H3,(H,22,25)(H,23,26). The molecule has 2 aromatic rings. The molecule has 5 heteroatoms. The molecule has 0 bridgehead atoms. The summed E-state index contributed by atoms with van der Waals surface area (Å²) in [5.74, 6) is -0.237. The number of amides is 2. The smallest absolute Gasteiger partial charge is 0.251 e. The number of carbonyl (C=O) groups is 2. The second kappa shape index (κ2) is 10.4. The fourth-order valence-corrected chi connectivity index (χ4v) is 2.51. The van der Waals surface area contributed by atoms with E-state index in [4.69, 9.17) is 0 Å². The van der Waals surface area contributed by atoms with E-state index in [1.165, 1.54) is 5.56 Å². The third-order valence-corrected chi connectivity index (χ3v) is 4.02. The second-order valence-corrected chi connectivity index (χ2v) is 6.48. The lowest BCUT2D eigenvalue weighted by Crippen LogP contribution is -2.31. The molecule has 0 fully saturated rings. The van der Waals surface area contributed by atoms with Gasteiger partial charge >= 0.3 is 0 Å². The van der Waals surface area contributed by atoms with Crippen molar-refractivity contribution in [3.05, 3.63) is 71.3 Å². The SMILES string of the molecule is CN(C)CCNC(=O)c1ccc(C(=O)NCCCc2ccccc2)cc1. The molecule has 0 saturated carbocycles. The van der Waals surface area contributed by atoms with Gasteiger partial charge in [-0.3, -0.25) is 9.59 Å². The summed E-state index contributed by atoms with van der Waals surface area (Å²) in [6.45, 7) is 2.01. The van der Waals surface area contributed by atoms with Crippen LogP contribution in [-0.4, -0.2) is 50.4 Å². The van der Waals surface area contributed by atoms with Crippen molar-refractivity contribution in [3.8, 4) is 0 Å². The van der Waals surface area contributed by atoms with Gasteiger partial charge in [-0.15, -0.1) is 0 Å². The zero-order valence-electron chi connectivity index (χ0n) is 15.5. The van der Waals surface area contributed by atoms with Crippen LogP contribution in [0.25, 0.3) is 0 Å². The number of aryl methyl sites for hydroxylation is 1. The first-order chi connectivity index (χ1) is 12.6. The van der Waals surface area contributed by atoms with Crippen molar-refractivity contribution in [3.63, 3.8) is 0 Å². The molecule has 0 saturated heterocycles. The third-order valence-electron chi connectivity index (χ3n) is 4.02. The number of hydrogen-bond acceptors (Lipinski definition) is 3. The highest BCUT2D eigenvalue weighted by Gasteiger charge is 2.08. The lowest BCUT2D eigenvalue weighted by molar-refractivity contribution is 0.0940. The van der Waals surface area contributed by atoms with Gasteiger partial charge in [-0.05, 0) is 56.8 Å². The number of benzene rings is 2.